The molecule has 12 heteroatoms. The highest BCUT2D eigenvalue weighted by atomic mass is 35.5. The van der Waals surface area contributed by atoms with Crippen molar-refractivity contribution in [3.8, 4) is 12.3 Å². The van der Waals surface area contributed by atoms with Crippen LogP contribution in [0.3, 0.4) is 0 Å². The number of aromatic nitrogens is 2. The molecule has 0 spiro atoms. The van der Waals surface area contributed by atoms with E-state index in [9.17, 15) is 9.59 Å². The van der Waals surface area contributed by atoms with E-state index in [1.165, 1.54) is 12.1 Å². The first-order valence-corrected chi connectivity index (χ1v) is 12.4. The number of H-pyrrole nitrogens is 1. The van der Waals surface area contributed by atoms with Gasteiger partial charge in [0.15, 0.2) is 5.60 Å². The number of aromatic amines is 1. The first-order valence-electron chi connectivity index (χ1n) is 10.8. The van der Waals surface area contributed by atoms with Crippen LogP contribution >= 0.6 is 46.4 Å². The number of hydrogen-bond acceptors (Lipinski definition) is 5. The molecule has 0 saturated carbocycles. The summed E-state index contributed by atoms with van der Waals surface area (Å²) in [5, 5.41) is 1.52. The first-order chi connectivity index (χ1) is 17.6. The summed E-state index contributed by atoms with van der Waals surface area (Å²) in [6, 6.07) is 9.54. The number of alkyl halides is 1. The second-order valence-electron chi connectivity index (χ2n) is 8.24. The van der Waals surface area contributed by atoms with Gasteiger partial charge in [0.2, 0.25) is 5.67 Å². The van der Waals surface area contributed by atoms with Gasteiger partial charge < -0.3 is 14.3 Å². The van der Waals surface area contributed by atoms with E-state index in [4.69, 9.17) is 67.1 Å². The van der Waals surface area contributed by atoms with Crippen LogP contribution in [-0.4, -0.2) is 28.6 Å². The lowest BCUT2D eigenvalue weighted by molar-refractivity contribution is -0.119. The third-order valence-electron chi connectivity index (χ3n) is 5.96. The second-order valence-corrected chi connectivity index (χ2v) is 9.92. The summed E-state index contributed by atoms with van der Waals surface area (Å²) < 4.78 is 28.3. The Morgan fingerprint density at radius 3 is 2.27 bits per heavy atom. The van der Waals surface area contributed by atoms with Gasteiger partial charge in [0, 0.05) is 32.1 Å². The first kappa shape index (κ1) is 27.5. The van der Waals surface area contributed by atoms with E-state index in [2.05, 4.69) is 10.9 Å². The smallest absolute Gasteiger partial charge is 0.361 e. The molecule has 3 aromatic rings. The Hall–Kier alpha value is -2.51. The minimum Gasteiger partial charge on any atom is -0.405 e. The number of rotatable bonds is 8. The summed E-state index contributed by atoms with van der Waals surface area (Å²) in [4.78, 5) is 33.0. The van der Waals surface area contributed by atoms with E-state index >= 15 is 4.39 Å². The number of ether oxygens (including phenoxy) is 2. The molecule has 0 aliphatic carbocycles. The number of terminal acetylenes is 1. The summed E-state index contributed by atoms with van der Waals surface area (Å²) in [7, 11) is 0. The van der Waals surface area contributed by atoms with Gasteiger partial charge in [-0.1, -0.05) is 64.5 Å². The van der Waals surface area contributed by atoms with Crippen molar-refractivity contribution in [1.82, 2.24) is 9.71 Å². The number of nitrogens with zero attached hydrogens (tertiary/aromatic N) is 1. The maximum Gasteiger partial charge on any atom is 0.361 e. The molecule has 37 heavy (non-hydrogen) atoms. The fraction of sp³-hybridized carbons (Fsp3) is 0.280. The molecular formula is C25H19Cl4FN2O5. The molecule has 2 unspecified atom stereocenters. The summed E-state index contributed by atoms with van der Waals surface area (Å²) in [6.07, 6.45) is 6.39. The SMILES string of the molecule is C#CC1(F)CCOC1(COCc1ccc(Cl)cc1Cl)c1cn(OCc2ccc(Cl)cc2Cl)c(=O)[nH]c1=O. The number of hydrogen-bond donors (Lipinski definition) is 1. The Morgan fingerprint density at radius 2 is 1.68 bits per heavy atom. The molecule has 2 heterocycles. The van der Waals surface area contributed by atoms with Crippen LogP contribution in [0.4, 0.5) is 4.39 Å². The molecule has 1 fully saturated rings. The molecular weight excluding hydrogens is 569 g/mol. The predicted octanol–water partition coefficient (Wildman–Crippen LogP) is 4.95. The summed E-state index contributed by atoms with van der Waals surface area (Å²) in [5.74, 6) is 2.10. The van der Waals surface area contributed by atoms with Gasteiger partial charge in [0.25, 0.3) is 5.56 Å². The lowest BCUT2D eigenvalue weighted by Gasteiger charge is -2.35. The molecule has 0 radical (unpaired) electrons. The van der Waals surface area contributed by atoms with Gasteiger partial charge in [-0.25, -0.2) is 9.18 Å². The van der Waals surface area contributed by atoms with Gasteiger partial charge in [-0.15, -0.1) is 11.2 Å². The fourth-order valence-corrected chi connectivity index (χ4v) is 4.88. The zero-order valence-electron chi connectivity index (χ0n) is 19.0. The molecule has 2 atom stereocenters. The van der Waals surface area contributed by atoms with Gasteiger partial charge in [0.05, 0.1) is 31.6 Å². The molecule has 1 aliphatic heterocycles. The average molecular weight is 588 g/mol. The lowest BCUT2D eigenvalue weighted by Crippen LogP contribution is -2.52. The van der Waals surface area contributed by atoms with E-state index in [0.717, 1.165) is 10.9 Å². The van der Waals surface area contributed by atoms with E-state index in [1.54, 1.807) is 24.3 Å². The van der Waals surface area contributed by atoms with Crippen molar-refractivity contribution in [2.45, 2.75) is 30.9 Å². The van der Waals surface area contributed by atoms with Crippen LogP contribution < -0.4 is 16.1 Å². The van der Waals surface area contributed by atoms with Gasteiger partial charge >= 0.3 is 5.69 Å². The Kier molecular flexibility index (Phi) is 8.24. The van der Waals surface area contributed by atoms with Crippen LogP contribution in [0.25, 0.3) is 0 Å². The predicted molar refractivity (Wildman–Crippen MR) is 139 cm³/mol. The third kappa shape index (κ3) is 5.53. The molecule has 1 aromatic heterocycles. The average Bonchev–Trinajstić information content (AvgIpc) is 3.18. The van der Waals surface area contributed by atoms with Crippen LogP contribution in [0.5, 0.6) is 0 Å². The maximum absolute atomic E-state index is 16.1. The number of benzene rings is 2. The van der Waals surface area contributed by atoms with E-state index in [0.29, 0.717) is 31.2 Å². The minimum atomic E-state index is -2.43. The highest BCUT2D eigenvalue weighted by Crippen LogP contribution is 2.46. The van der Waals surface area contributed by atoms with Crippen LogP contribution in [0.15, 0.2) is 52.2 Å². The molecule has 2 aromatic carbocycles. The highest BCUT2D eigenvalue weighted by molar-refractivity contribution is 6.35. The molecule has 7 nitrogen and oxygen atoms in total. The molecule has 0 bridgehead atoms. The van der Waals surface area contributed by atoms with Crippen molar-refractivity contribution in [3.63, 3.8) is 0 Å². The topological polar surface area (TPSA) is 82.6 Å². The van der Waals surface area contributed by atoms with Gasteiger partial charge in [-0.05, 0) is 29.8 Å². The molecule has 4 rings (SSSR count). The summed E-state index contributed by atoms with van der Waals surface area (Å²) in [5.41, 5.74) is -5.45. The lowest BCUT2D eigenvalue weighted by atomic mass is 9.81. The molecule has 0 amide bonds. The van der Waals surface area contributed by atoms with Crippen molar-refractivity contribution < 1.29 is 18.7 Å². The minimum absolute atomic E-state index is 0.0507. The van der Waals surface area contributed by atoms with Crippen LogP contribution in [0.1, 0.15) is 23.1 Å². The quantitative estimate of drug-likeness (QED) is 0.377. The molecule has 1 saturated heterocycles. The Bertz CT molecular complexity index is 1490. The second kappa shape index (κ2) is 11.1. The number of nitrogens with one attached hydrogen (secondary N) is 1. The Morgan fingerprint density at radius 1 is 1.05 bits per heavy atom. The standard InChI is InChI=1S/C25H19Cl4FN2O5/c1-2-24(30)7-8-36-25(24,14-35-12-15-3-5-17(26)9-20(15)28)19-11-32(23(34)31-22(19)33)37-13-16-4-6-18(27)10-21(16)29/h1,3-6,9-11H,7-8,12-14H2,(H,31,33,34). The molecule has 1 aliphatic rings. The van der Waals surface area contributed by atoms with E-state index in [-0.39, 0.29) is 31.8 Å². The monoisotopic (exact) mass is 586 g/mol. The summed E-state index contributed by atoms with van der Waals surface area (Å²) >= 11 is 24.2. The Labute approximate surface area is 230 Å². The zero-order valence-corrected chi connectivity index (χ0v) is 22.1. The van der Waals surface area contributed by atoms with Crippen molar-refractivity contribution in [1.29, 1.82) is 0 Å². The van der Waals surface area contributed by atoms with Gasteiger partial charge in [-0.3, -0.25) is 9.78 Å². The van der Waals surface area contributed by atoms with Crippen LogP contribution in [-0.2, 0) is 28.3 Å². The largest absolute Gasteiger partial charge is 0.405 e. The van der Waals surface area contributed by atoms with Crippen molar-refractivity contribution in [2.24, 2.45) is 0 Å². The van der Waals surface area contributed by atoms with Crippen molar-refractivity contribution >= 4 is 46.4 Å². The third-order valence-corrected chi connectivity index (χ3v) is 7.14. The highest BCUT2D eigenvalue weighted by Gasteiger charge is 2.60. The van der Waals surface area contributed by atoms with Crippen LogP contribution in [0, 0.1) is 12.3 Å². The molecule has 194 valence electrons. The molecule has 1 N–H and O–H groups in total. The fourth-order valence-electron chi connectivity index (χ4n) is 3.95. The van der Waals surface area contributed by atoms with Crippen molar-refractivity contribution in [2.75, 3.05) is 13.2 Å². The maximum atomic E-state index is 16.1. The van der Waals surface area contributed by atoms with E-state index in [1.807, 2.05) is 0 Å². The van der Waals surface area contributed by atoms with Crippen LogP contribution in [0.2, 0.25) is 20.1 Å². The summed E-state index contributed by atoms with van der Waals surface area (Å²) in [6.45, 7) is -0.760. The van der Waals surface area contributed by atoms with E-state index < -0.39 is 29.1 Å². The Balaban J connectivity index is 1.67. The normalized spacial score (nSPS) is 21.1. The zero-order chi connectivity index (χ0) is 26.8. The van der Waals surface area contributed by atoms with Crippen molar-refractivity contribution in [3.05, 3.63) is 100 Å². The van der Waals surface area contributed by atoms with Gasteiger partial charge in [-0.2, -0.15) is 0 Å². The van der Waals surface area contributed by atoms with Gasteiger partial charge in [0.1, 0.15) is 6.61 Å². The number of halogens is 5.